The first-order valence-corrected chi connectivity index (χ1v) is 5.77. The summed E-state index contributed by atoms with van der Waals surface area (Å²) in [5, 5.41) is 3.24. The van der Waals surface area contributed by atoms with Gasteiger partial charge in [0.1, 0.15) is 0 Å². The standard InChI is InChI=1S/C11H24N2/c1-3-11(7-8-12-2)13-9-5-4-6-10-13/h11-12H,3-10H2,1-2H3. The third-order valence-electron chi connectivity index (χ3n) is 3.11. The maximum Gasteiger partial charge on any atom is 0.0105 e. The van der Waals surface area contributed by atoms with Gasteiger partial charge in [0.25, 0.3) is 0 Å². The van der Waals surface area contributed by atoms with E-state index in [4.69, 9.17) is 0 Å². The Morgan fingerprint density at radius 3 is 2.46 bits per heavy atom. The smallest absolute Gasteiger partial charge is 0.0105 e. The average Bonchev–Trinajstić information content (AvgIpc) is 2.21. The van der Waals surface area contributed by atoms with E-state index in [-0.39, 0.29) is 0 Å². The number of hydrogen-bond donors (Lipinski definition) is 1. The van der Waals surface area contributed by atoms with Gasteiger partial charge in [-0.25, -0.2) is 0 Å². The van der Waals surface area contributed by atoms with Gasteiger partial charge in [0.2, 0.25) is 0 Å². The minimum absolute atomic E-state index is 0.827. The SMILES string of the molecule is CCC(CCNC)N1CCCCC1. The Morgan fingerprint density at radius 2 is 1.92 bits per heavy atom. The summed E-state index contributed by atoms with van der Waals surface area (Å²) < 4.78 is 0. The molecule has 1 heterocycles. The van der Waals surface area contributed by atoms with Crippen LogP contribution in [0.25, 0.3) is 0 Å². The summed E-state index contributed by atoms with van der Waals surface area (Å²) in [7, 11) is 2.04. The molecule has 1 aliphatic heterocycles. The molecule has 2 nitrogen and oxygen atoms in total. The van der Waals surface area contributed by atoms with Crippen molar-refractivity contribution < 1.29 is 0 Å². The third kappa shape index (κ3) is 3.65. The van der Waals surface area contributed by atoms with Gasteiger partial charge in [-0.05, 0) is 52.4 Å². The van der Waals surface area contributed by atoms with Gasteiger partial charge in [-0.1, -0.05) is 13.3 Å². The summed E-state index contributed by atoms with van der Waals surface area (Å²) >= 11 is 0. The molecule has 1 unspecified atom stereocenters. The van der Waals surface area contributed by atoms with Crippen LogP contribution in [0.5, 0.6) is 0 Å². The number of nitrogens with one attached hydrogen (secondary N) is 1. The van der Waals surface area contributed by atoms with Crippen molar-refractivity contribution in [1.29, 1.82) is 0 Å². The van der Waals surface area contributed by atoms with Crippen molar-refractivity contribution in [2.45, 2.75) is 45.1 Å². The summed E-state index contributed by atoms with van der Waals surface area (Å²) in [5.74, 6) is 0. The second-order valence-corrected chi connectivity index (χ2v) is 4.05. The molecule has 1 atom stereocenters. The van der Waals surface area contributed by atoms with E-state index in [9.17, 15) is 0 Å². The van der Waals surface area contributed by atoms with Gasteiger partial charge in [-0.15, -0.1) is 0 Å². The molecule has 0 aromatic rings. The van der Waals surface area contributed by atoms with Crippen molar-refractivity contribution in [2.24, 2.45) is 0 Å². The van der Waals surface area contributed by atoms with E-state index in [2.05, 4.69) is 17.1 Å². The lowest BCUT2D eigenvalue weighted by molar-refractivity contribution is 0.151. The van der Waals surface area contributed by atoms with Crippen LogP contribution in [-0.2, 0) is 0 Å². The predicted octanol–water partition coefficient (Wildman–Crippen LogP) is 1.86. The molecule has 1 N–H and O–H groups in total. The fourth-order valence-electron chi connectivity index (χ4n) is 2.24. The van der Waals surface area contributed by atoms with E-state index in [1.54, 1.807) is 0 Å². The van der Waals surface area contributed by atoms with Gasteiger partial charge >= 0.3 is 0 Å². The van der Waals surface area contributed by atoms with Crippen LogP contribution in [0.15, 0.2) is 0 Å². The summed E-state index contributed by atoms with van der Waals surface area (Å²) in [6.07, 6.45) is 6.89. The predicted molar refractivity (Wildman–Crippen MR) is 58.0 cm³/mol. The molecule has 13 heavy (non-hydrogen) atoms. The minimum atomic E-state index is 0.827. The Balaban J connectivity index is 2.26. The van der Waals surface area contributed by atoms with E-state index in [1.165, 1.54) is 45.2 Å². The highest BCUT2D eigenvalue weighted by Crippen LogP contribution is 2.15. The number of hydrogen-bond acceptors (Lipinski definition) is 2. The van der Waals surface area contributed by atoms with Gasteiger partial charge in [0.05, 0.1) is 0 Å². The molecule has 0 radical (unpaired) electrons. The Kier molecular flexibility index (Phi) is 5.40. The van der Waals surface area contributed by atoms with Crippen LogP contribution in [0, 0.1) is 0 Å². The normalized spacial score (nSPS) is 21.7. The van der Waals surface area contributed by atoms with E-state index < -0.39 is 0 Å². The van der Waals surface area contributed by atoms with E-state index >= 15 is 0 Å². The van der Waals surface area contributed by atoms with E-state index in [0.717, 1.165) is 12.6 Å². The lowest BCUT2D eigenvalue weighted by atomic mass is 10.0. The molecule has 0 aliphatic carbocycles. The highest BCUT2D eigenvalue weighted by molar-refractivity contribution is 4.74. The summed E-state index contributed by atoms with van der Waals surface area (Å²) in [6, 6.07) is 0.827. The van der Waals surface area contributed by atoms with Crippen LogP contribution in [0.2, 0.25) is 0 Å². The quantitative estimate of drug-likeness (QED) is 0.701. The van der Waals surface area contributed by atoms with Crippen LogP contribution in [-0.4, -0.2) is 37.6 Å². The zero-order chi connectivity index (χ0) is 9.52. The lowest BCUT2D eigenvalue weighted by Crippen LogP contribution is -2.40. The molecule has 2 heteroatoms. The number of likely N-dealkylation sites (tertiary alicyclic amines) is 1. The average molecular weight is 184 g/mol. The van der Waals surface area contributed by atoms with Crippen molar-refractivity contribution in [3.63, 3.8) is 0 Å². The van der Waals surface area contributed by atoms with Crippen LogP contribution in [0.3, 0.4) is 0 Å². The largest absolute Gasteiger partial charge is 0.320 e. The van der Waals surface area contributed by atoms with Crippen molar-refractivity contribution in [3.8, 4) is 0 Å². The minimum Gasteiger partial charge on any atom is -0.320 e. The maximum atomic E-state index is 3.24. The third-order valence-corrected chi connectivity index (χ3v) is 3.11. The number of piperidine rings is 1. The molecule has 1 fully saturated rings. The van der Waals surface area contributed by atoms with E-state index in [0.29, 0.717) is 0 Å². The van der Waals surface area contributed by atoms with Gasteiger partial charge in [0, 0.05) is 6.04 Å². The second kappa shape index (κ2) is 6.39. The molecular weight excluding hydrogens is 160 g/mol. The second-order valence-electron chi connectivity index (χ2n) is 4.05. The lowest BCUT2D eigenvalue weighted by Gasteiger charge is -2.34. The van der Waals surface area contributed by atoms with Crippen LogP contribution >= 0.6 is 0 Å². The number of nitrogens with zero attached hydrogens (tertiary/aromatic N) is 1. The van der Waals surface area contributed by atoms with Crippen LogP contribution in [0.4, 0.5) is 0 Å². The topological polar surface area (TPSA) is 15.3 Å². The Bertz CT molecular complexity index is 119. The van der Waals surface area contributed by atoms with Gasteiger partial charge < -0.3 is 10.2 Å². The number of rotatable bonds is 5. The maximum absolute atomic E-state index is 3.24. The molecule has 1 saturated heterocycles. The van der Waals surface area contributed by atoms with Gasteiger partial charge in [0.15, 0.2) is 0 Å². The van der Waals surface area contributed by atoms with Crippen LogP contribution < -0.4 is 5.32 Å². The fraction of sp³-hybridized carbons (Fsp3) is 1.00. The van der Waals surface area contributed by atoms with Crippen molar-refractivity contribution >= 4 is 0 Å². The molecule has 1 rings (SSSR count). The van der Waals surface area contributed by atoms with Crippen molar-refractivity contribution in [3.05, 3.63) is 0 Å². The molecule has 0 aromatic heterocycles. The molecule has 0 amide bonds. The van der Waals surface area contributed by atoms with Crippen LogP contribution in [0.1, 0.15) is 39.0 Å². The van der Waals surface area contributed by atoms with E-state index in [1.807, 2.05) is 7.05 Å². The first kappa shape index (κ1) is 11.0. The highest BCUT2D eigenvalue weighted by atomic mass is 15.2. The first-order valence-electron chi connectivity index (χ1n) is 5.77. The zero-order valence-electron chi connectivity index (χ0n) is 9.18. The molecule has 0 spiro atoms. The van der Waals surface area contributed by atoms with Gasteiger partial charge in [-0.3, -0.25) is 0 Å². The highest BCUT2D eigenvalue weighted by Gasteiger charge is 2.17. The summed E-state index contributed by atoms with van der Waals surface area (Å²) in [5.41, 5.74) is 0. The zero-order valence-corrected chi connectivity index (χ0v) is 9.18. The van der Waals surface area contributed by atoms with Gasteiger partial charge in [-0.2, -0.15) is 0 Å². The summed E-state index contributed by atoms with van der Waals surface area (Å²) in [4.78, 5) is 2.68. The Morgan fingerprint density at radius 1 is 1.23 bits per heavy atom. The molecule has 78 valence electrons. The van der Waals surface area contributed by atoms with Crippen molar-refractivity contribution in [2.75, 3.05) is 26.7 Å². The molecular formula is C11H24N2. The summed E-state index contributed by atoms with van der Waals surface area (Å²) in [6.45, 7) is 6.15. The molecule has 0 bridgehead atoms. The Labute approximate surface area is 82.7 Å². The first-order chi connectivity index (χ1) is 6.38. The molecule has 1 aliphatic rings. The monoisotopic (exact) mass is 184 g/mol. The molecule has 0 saturated carbocycles. The fourth-order valence-corrected chi connectivity index (χ4v) is 2.24. The van der Waals surface area contributed by atoms with Crippen molar-refractivity contribution in [1.82, 2.24) is 10.2 Å². The Hall–Kier alpha value is -0.0800. The molecule has 0 aromatic carbocycles.